The summed E-state index contributed by atoms with van der Waals surface area (Å²) in [4.78, 5) is 8.77. The summed E-state index contributed by atoms with van der Waals surface area (Å²) in [7, 11) is 0. The van der Waals surface area contributed by atoms with Crippen LogP contribution >= 0.6 is 11.6 Å². The number of fused-ring (bicyclic) bond motifs is 2. The molecule has 1 aliphatic rings. The molecule has 1 aliphatic heterocycles. The lowest BCUT2D eigenvalue weighted by molar-refractivity contribution is 0.534. The van der Waals surface area contributed by atoms with Gasteiger partial charge in [0.05, 0.1) is 24.2 Å². The molecular weight excluding hydrogens is 288 g/mol. The molecule has 5 heteroatoms. The standard InChI is InChI=1S/C16H11ClN2O2/c17-8-11-6-14-15(20-11)7-12(9-18-14)21-16-5-10-3-1-2-4-13(10)19-16/h1-4,6-7,9H,5,8H2. The van der Waals surface area contributed by atoms with Gasteiger partial charge in [0.1, 0.15) is 11.3 Å². The number of aromatic nitrogens is 1. The van der Waals surface area contributed by atoms with Crippen LogP contribution in [-0.4, -0.2) is 10.9 Å². The molecule has 0 saturated heterocycles. The zero-order chi connectivity index (χ0) is 14.2. The molecule has 0 atom stereocenters. The Morgan fingerprint density at radius 1 is 1.24 bits per heavy atom. The average Bonchev–Trinajstić information content (AvgIpc) is 3.09. The Hall–Kier alpha value is -2.33. The third-order valence-electron chi connectivity index (χ3n) is 3.34. The fourth-order valence-electron chi connectivity index (χ4n) is 2.37. The van der Waals surface area contributed by atoms with Crippen molar-refractivity contribution in [2.24, 2.45) is 4.99 Å². The molecule has 4 rings (SSSR count). The third kappa shape index (κ3) is 2.28. The minimum Gasteiger partial charge on any atom is -0.458 e. The SMILES string of the molecule is ClCc1cc2ncc(OC3=Nc4ccccc4C3)cc2o1. The number of rotatable bonds is 2. The first-order chi connectivity index (χ1) is 10.3. The van der Waals surface area contributed by atoms with Crippen LogP contribution in [0.1, 0.15) is 11.3 Å². The number of para-hydroxylation sites is 1. The van der Waals surface area contributed by atoms with Crippen LogP contribution in [0.15, 0.2) is 52.0 Å². The predicted molar refractivity (Wildman–Crippen MR) is 81.4 cm³/mol. The number of furan rings is 1. The molecule has 0 amide bonds. The largest absolute Gasteiger partial charge is 0.458 e. The number of benzene rings is 1. The predicted octanol–water partition coefficient (Wildman–Crippen LogP) is 4.23. The summed E-state index contributed by atoms with van der Waals surface area (Å²) in [6.07, 6.45) is 2.36. The fraction of sp³-hybridized carbons (Fsp3) is 0.125. The van der Waals surface area contributed by atoms with Crippen molar-refractivity contribution >= 4 is 34.3 Å². The van der Waals surface area contributed by atoms with E-state index in [1.807, 2.05) is 30.3 Å². The van der Waals surface area contributed by atoms with Gasteiger partial charge in [-0.05, 0) is 11.6 Å². The average molecular weight is 299 g/mol. The van der Waals surface area contributed by atoms with E-state index in [0.717, 1.165) is 11.2 Å². The highest BCUT2D eigenvalue weighted by molar-refractivity contribution is 6.17. The quantitative estimate of drug-likeness (QED) is 0.665. The van der Waals surface area contributed by atoms with Gasteiger partial charge in [-0.15, -0.1) is 11.6 Å². The Balaban J connectivity index is 1.61. The summed E-state index contributed by atoms with van der Waals surface area (Å²) >= 11 is 5.76. The molecule has 0 spiro atoms. The van der Waals surface area contributed by atoms with Gasteiger partial charge in [-0.3, -0.25) is 0 Å². The van der Waals surface area contributed by atoms with Crippen LogP contribution in [0.3, 0.4) is 0 Å². The van der Waals surface area contributed by atoms with Crippen LogP contribution in [-0.2, 0) is 12.3 Å². The molecule has 0 bridgehead atoms. The van der Waals surface area contributed by atoms with Gasteiger partial charge in [-0.2, -0.15) is 0 Å². The van der Waals surface area contributed by atoms with Crippen molar-refractivity contribution in [3.8, 4) is 5.75 Å². The Labute approximate surface area is 126 Å². The van der Waals surface area contributed by atoms with Gasteiger partial charge in [-0.25, -0.2) is 9.98 Å². The van der Waals surface area contributed by atoms with Crippen LogP contribution < -0.4 is 4.74 Å². The van der Waals surface area contributed by atoms with Crippen molar-refractivity contribution in [2.45, 2.75) is 12.3 Å². The van der Waals surface area contributed by atoms with Crippen molar-refractivity contribution in [1.82, 2.24) is 4.98 Å². The first-order valence-corrected chi connectivity index (χ1v) is 7.13. The number of nitrogens with zero attached hydrogens (tertiary/aromatic N) is 2. The number of aliphatic imine (C=N–C) groups is 1. The van der Waals surface area contributed by atoms with E-state index in [0.29, 0.717) is 35.3 Å². The van der Waals surface area contributed by atoms with Crippen LogP contribution in [0, 0.1) is 0 Å². The Morgan fingerprint density at radius 3 is 3.00 bits per heavy atom. The van der Waals surface area contributed by atoms with Crippen molar-refractivity contribution in [1.29, 1.82) is 0 Å². The molecule has 2 aromatic heterocycles. The van der Waals surface area contributed by atoms with E-state index in [2.05, 4.69) is 16.0 Å². The van der Waals surface area contributed by atoms with Crippen molar-refractivity contribution < 1.29 is 9.15 Å². The number of alkyl halides is 1. The second-order valence-corrected chi connectivity index (χ2v) is 5.08. The molecule has 0 aliphatic carbocycles. The Bertz CT molecular complexity index is 854. The second kappa shape index (κ2) is 4.90. The summed E-state index contributed by atoms with van der Waals surface area (Å²) < 4.78 is 11.4. The molecule has 104 valence electrons. The van der Waals surface area contributed by atoms with Crippen LogP contribution in [0.25, 0.3) is 11.1 Å². The zero-order valence-electron chi connectivity index (χ0n) is 11.0. The highest BCUT2D eigenvalue weighted by Crippen LogP contribution is 2.28. The minimum atomic E-state index is 0.328. The molecule has 3 aromatic rings. The van der Waals surface area contributed by atoms with E-state index in [9.17, 15) is 0 Å². The molecule has 0 unspecified atom stereocenters. The van der Waals surface area contributed by atoms with Gasteiger partial charge in [0, 0.05) is 12.1 Å². The lowest BCUT2D eigenvalue weighted by atomic mass is 10.1. The maximum absolute atomic E-state index is 5.80. The zero-order valence-corrected chi connectivity index (χ0v) is 11.8. The number of halogens is 1. The molecular formula is C16H11ClN2O2. The van der Waals surface area contributed by atoms with E-state index >= 15 is 0 Å². The third-order valence-corrected chi connectivity index (χ3v) is 3.60. The first kappa shape index (κ1) is 12.4. The van der Waals surface area contributed by atoms with E-state index < -0.39 is 0 Å². The first-order valence-electron chi connectivity index (χ1n) is 6.59. The highest BCUT2D eigenvalue weighted by atomic mass is 35.5. The van der Waals surface area contributed by atoms with Crippen molar-refractivity contribution in [3.05, 3.63) is 53.9 Å². The normalized spacial score (nSPS) is 13.3. The van der Waals surface area contributed by atoms with Crippen LogP contribution in [0.2, 0.25) is 0 Å². The van der Waals surface area contributed by atoms with Gasteiger partial charge in [0.15, 0.2) is 17.2 Å². The molecule has 0 N–H and O–H groups in total. The monoisotopic (exact) mass is 298 g/mol. The molecule has 0 saturated carbocycles. The van der Waals surface area contributed by atoms with Gasteiger partial charge in [-0.1, -0.05) is 18.2 Å². The Morgan fingerprint density at radius 2 is 2.14 bits per heavy atom. The van der Waals surface area contributed by atoms with E-state index in [1.165, 1.54) is 5.56 Å². The van der Waals surface area contributed by atoms with Crippen molar-refractivity contribution in [2.75, 3.05) is 0 Å². The van der Waals surface area contributed by atoms with Crippen LogP contribution in [0.4, 0.5) is 5.69 Å². The molecule has 0 fully saturated rings. The van der Waals surface area contributed by atoms with E-state index in [1.54, 1.807) is 6.20 Å². The maximum Gasteiger partial charge on any atom is 0.199 e. The molecule has 21 heavy (non-hydrogen) atoms. The summed E-state index contributed by atoms with van der Waals surface area (Å²) in [5.41, 5.74) is 3.57. The van der Waals surface area contributed by atoms with Gasteiger partial charge in [0.2, 0.25) is 0 Å². The number of pyridine rings is 1. The number of hydrogen-bond donors (Lipinski definition) is 0. The second-order valence-electron chi connectivity index (χ2n) is 4.81. The summed E-state index contributed by atoms with van der Waals surface area (Å²) in [6.45, 7) is 0. The molecule has 0 radical (unpaired) electrons. The van der Waals surface area contributed by atoms with Gasteiger partial charge in [0.25, 0.3) is 0 Å². The van der Waals surface area contributed by atoms with Crippen LogP contribution in [0.5, 0.6) is 5.75 Å². The van der Waals surface area contributed by atoms with Crippen molar-refractivity contribution in [3.63, 3.8) is 0 Å². The fourth-order valence-corrected chi connectivity index (χ4v) is 2.51. The summed E-state index contributed by atoms with van der Waals surface area (Å²) in [6, 6.07) is 11.6. The smallest absolute Gasteiger partial charge is 0.199 e. The molecule has 4 nitrogen and oxygen atoms in total. The number of hydrogen-bond acceptors (Lipinski definition) is 4. The summed E-state index contributed by atoms with van der Waals surface area (Å²) in [5.74, 6) is 2.31. The lowest BCUT2D eigenvalue weighted by Gasteiger charge is -2.03. The highest BCUT2D eigenvalue weighted by Gasteiger charge is 2.16. The van der Waals surface area contributed by atoms with Gasteiger partial charge < -0.3 is 9.15 Å². The van der Waals surface area contributed by atoms with Gasteiger partial charge >= 0.3 is 0 Å². The summed E-state index contributed by atoms with van der Waals surface area (Å²) in [5, 5.41) is 0. The number of ether oxygens (including phenoxy) is 1. The van der Waals surface area contributed by atoms with E-state index in [-0.39, 0.29) is 0 Å². The topological polar surface area (TPSA) is 47.6 Å². The lowest BCUT2D eigenvalue weighted by Crippen LogP contribution is -2.07. The maximum atomic E-state index is 5.80. The van der Waals surface area contributed by atoms with E-state index in [4.69, 9.17) is 20.8 Å². The minimum absolute atomic E-state index is 0.328. The molecule has 1 aromatic carbocycles. The molecule has 3 heterocycles. The Kier molecular flexibility index (Phi) is 2.89.